The predicted octanol–water partition coefficient (Wildman–Crippen LogP) is 0.677. The van der Waals surface area contributed by atoms with E-state index in [4.69, 9.17) is 0 Å². The lowest BCUT2D eigenvalue weighted by molar-refractivity contribution is -0.125. The van der Waals surface area contributed by atoms with Crippen LogP contribution < -0.4 is 10.6 Å². The molecule has 2 atom stereocenters. The summed E-state index contributed by atoms with van der Waals surface area (Å²) in [6, 6.07) is -0.204. The second-order valence-corrected chi connectivity index (χ2v) is 7.45. The molecule has 1 saturated heterocycles. The number of nitrogens with zero attached hydrogens (tertiary/aromatic N) is 3. The van der Waals surface area contributed by atoms with Gasteiger partial charge in [0.25, 0.3) is 0 Å². The second kappa shape index (κ2) is 9.24. The summed E-state index contributed by atoms with van der Waals surface area (Å²) < 4.78 is 1.84. The van der Waals surface area contributed by atoms with E-state index in [1.807, 2.05) is 38.0 Å². The number of nitrogens with one attached hydrogen (secondary N) is 2. The van der Waals surface area contributed by atoms with Crippen molar-refractivity contribution in [1.82, 2.24) is 25.3 Å². The highest BCUT2D eigenvalue weighted by atomic mass is 32.2. The Balaban J connectivity index is 2.04. The van der Waals surface area contributed by atoms with Crippen LogP contribution in [0, 0.1) is 6.92 Å². The van der Waals surface area contributed by atoms with E-state index in [0.29, 0.717) is 32.5 Å². The fourth-order valence-electron chi connectivity index (χ4n) is 3.16. The fraction of sp³-hybridized carbons (Fsp3) is 0.706. The van der Waals surface area contributed by atoms with Crippen molar-refractivity contribution >= 4 is 23.6 Å². The summed E-state index contributed by atoms with van der Waals surface area (Å²) in [7, 11) is 1.92. The third-order valence-electron chi connectivity index (χ3n) is 4.67. The van der Waals surface area contributed by atoms with Crippen LogP contribution in [0.4, 0.5) is 0 Å². The molecule has 2 amide bonds. The van der Waals surface area contributed by atoms with E-state index in [2.05, 4.69) is 20.6 Å². The van der Waals surface area contributed by atoms with Crippen molar-refractivity contribution in [2.45, 2.75) is 45.3 Å². The third-order valence-corrected chi connectivity index (χ3v) is 5.28. The molecule has 0 aromatic carbocycles. The normalized spacial score (nSPS) is 20.6. The number of hydrogen-bond donors (Lipinski definition) is 2. The maximum absolute atomic E-state index is 12.4. The van der Waals surface area contributed by atoms with Crippen LogP contribution >= 0.6 is 11.8 Å². The number of aromatic nitrogens is 2. The van der Waals surface area contributed by atoms with Crippen LogP contribution in [-0.2, 0) is 23.2 Å². The van der Waals surface area contributed by atoms with Gasteiger partial charge in [0.1, 0.15) is 0 Å². The molecule has 0 spiro atoms. The first kappa shape index (κ1) is 19.8. The zero-order chi connectivity index (χ0) is 18.4. The predicted molar refractivity (Wildman–Crippen MR) is 100 cm³/mol. The summed E-state index contributed by atoms with van der Waals surface area (Å²) >= 11 is 1.66. The molecule has 1 aliphatic heterocycles. The summed E-state index contributed by atoms with van der Waals surface area (Å²) in [6.45, 7) is 5.91. The van der Waals surface area contributed by atoms with Crippen LogP contribution in [-0.4, -0.2) is 63.7 Å². The monoisotopic (exact) mass is 367 g/mol. The molecule has 0 bridgehead atoms. The Morgan fingerprint density at radius 2 is 2.20 bits per heavy atom. The van der Waals surface area contributed by atoms with Gasteiger partial charge in [-0.2, -0.15) is 16.9 Å². The summed E-state index contributed by atoms with van der Waals surface area (Å²) in [5, 5.41) is 10.3. The Morgan fingerprint density at radius 1 is 1.44 bits per heavy atom. The third kappa shape index (κ3) is 5.22. The maximum Gasteiger partial charge on any atom is 0.237 e. The number of carbonyl (C=O) groups excluding carboxylic acids is 2. The minimum atomic E-state index is -0.217. The standard InChI is InChI=1S/C17H29N5O2S/c1-5-18-17(24)15-8-14(20-16(23)6-7-25-4)11-22(15)10-13-9-19-21(3)12(13)2/h9,14-15H,5-8,10-11H2,1-4H3,(H,18,24)(H,20,23)/t14-,15-/m0/s1. The largest absolute Gasteiger partial charge is 0.355 e. The topological polar surface area (TPSA) is 79.3 Å². The summed E-state index contributed by atoms with van der Waals surface area (Å²) in [4.78, 5) is 26.6. The van der Waals surface area contributed by atoms with Crippen LogP contribution in [0.25, 0.3) is 0 Å². The number of thioether (sulfide) groups is 1. The lowest BCUT2D eigenvalue weighted by atomic mass is 10.1. The van der Waals surface area contributed by atoms with Gasteiger partial charge in [-0.15, -0.1) is 0 Å². The fourth-order valence-corrected chi connectivity index (χ4v) is 3.55. The zero-order valence-electron chi connectivity index (χ0n) is 15.5. The average Bonchev–Trinajstić information content (AvgIpc) is 3.11. The molecule has 0 radical (unpaired) electrons. The van der Waals surface area contributed by atoms with Crippen molar-refractivity contribution in [1.29, 1.82) is 0 Å². The summed E-state index contributed by atoms with van der Waals surface area (Å²) in [6.07, 6.45) is 5.02. The molecule has 8 heteroatoms. The second-order valence-electron chi connectivity index (χ2n) is 6.46. The Hall–Kier alpha value is -1.54. The summed E-state index contributed by atoms with van der Waals surface area (Å²) in [5.74, 6) is 0.912. The molecule has 25 heavy (non-hydrogen) atoms. The maximum atomic E-state index is 12.4. The van der Waals surface area contributed by atoms with Gasteiger partial charge in [-0.25, -0.2) is 0 Å². The first-order valence-corrected chi connectivity index (χ1v) is 10.1. The molecule has 1 aromatic heterocycles. The van der Waals surface area contributed by atoms with E-state index in [-0.39, 0.29) is 23.9 Å². The van der Waals surface area contributed by atoms with Crippen LogP contribution in [0.15, 0.2) is 6.20 Å². The molecule has 2 rings (SSSR count). The lowest BCUT2D eigenvalue weighted by Crippen LogP contribution is -2.42. The van der Waals surface area contributed by atoms with E-state index in [1.165, 1.54) is 0 Å². The van der Waals surface area contributed by atoms with Gasteiger partial charge >= 0.3 is 0 Å². The van der Waals surface area contributed by atoms with Crippen LogP contribution in [0.1, 0.15) is 31.0 Å². The number of carbonyl (C=O) groups is 2. The number of amides is 2. The Labute approximate surface area is 153 Å². The van der Waals surface area contributed by atoms with E-state index < -0.39 is 0 Å². The van der Waals surface area contributed by atoms with Gasteiger partial charge in [-0.3, -0.25) is 19.2 Å². The first-order valence-electron chi connectivity index (χ1n) is 8.73. The van der Waals surface area contributed by atoms with Crippen molar-refractivity contribution in [3.05, 3.63) is 17.5 Å². The SMILES string of the molecule is CCNC(=O)[C@@H]1C[C@H](NC(=O)CCSC)CN1Cc1cnn(C)c1C. The number of aryl methyl sites for hydroxylation is 1. The van der Waals surface area contributed by atoms with Gasteiger partial charge in [-0.1, -0.05) is 0 Å². The van der Waals surface area contributed by atoms with Gasteiger partial charge in [0.2, 0.25) is 11.8 Å². The number of hydrogen-bond acceptors (Lipinski definition) is 5. The van der Waals surface area contributed by atoms with Crippen molar-refractivity contribution in [2.75, 3.05) is 25.1 Å². The van der Waals surface area contributed by atoms with E-state index in [9.17, 15) is 9.59 Å². The molecule has 0 aliphatic carbocycles. The highest BCUT2D eigenvalue weighted by Gasteiger charge is 2.37. The van der Waals surface area contributed by atoms with E-state index in [1.54, 1.807) is 11.8 Å². The lowest BCUT2D eigenvalue weighted by Gasteiger charge is -2.23. The molecular formula is C17H29N5O2S. The van der Waals surface area contributed by atoms with Gasteiger partial charge in [0.15, 0.2) is 0 Å². The van der Waals surface area contributed by atoms with Crippen molar-refractivity contribution in [2.24, 2.45) is 7.05 Å². The molecular weight excluding hydrogens is 338 g/mol. The molecule has 0 unspecified atom stereocenters. The van der Waals surface area contributed by atoms with E-state index >= 15 is 0 Å². The Morgan fingerprint density at radius 3 is 2.80 bits per heavy atom. The molecule has 2 N–H and O–H groups in total. The molecule has 1 aromatic rings. The minimum Gasteiger partial charge on any atom is -0.355 e. The van der Waals surface area contributed by atoms with Crippen molar-refractivity contribution < 1.29 is 9.59 Å². The Bertz CT molecular complexity index is 604. The van der Waals surface area contributed by atoms with Gasteiger partial charge in [0.05, 0.1) is 12.2 Å². The first-order chi connectivity index (χ1) is 12.0. The van der Waals surface area contributed by atoms with Gasteiger partial charge in [-0.05, 0) is 26.5 Å². The molecule has 7 nitrogen and oxygen atoms in total. The Kier molecular flexibility index (Phi) is 7.31. The molecule has 140 valence electrons. The van der Waals surface area contributed by atoms with Crippen LogP contribution in [0.3, 0.4) is 0 Å². The number of likely N-dealkylation sites (N-methyl/N-ethyl adjacent to an activating group) is 1. The zero-order valence-corrected chi connectivity index (χ0v) is 16.4. The van der Waals surface area contributed by atoms with Gasteiger partial charge in [0, 0.05) is 56.2 Å². The highest BCUT2D eigenvalue weighted by molar-refractivity contribution is 7.98. The number of likely N-dealkylation sites (tertiary alicyclic amines) is 1. The van der Waals surface area contributed by atoms with Crippen molar-refractivity contribution in [3.8, 4) is 0 Å². The molecule has 1 aliphatic rings. The molecule has 0 saturated carbocycles. The number of rotatable bonds is 8. The van der Waals surface area contributed by atoms with E-state index in [0.717, 1.165) is 17.0 Å². The average molecular weight is 368 g/mol. The smallest absolute Gasteiger partial charge is 0.237 e. The molecule has 2 heterocycles. The van der Waals surface area contributed by atoms with Crippen LogP contribution in [0.5, 0.6) is 0 Å². The van der Waals surface area contributed by atoms with Crippen LogP contribution in [0.2, 0.25) is 0 Å². The van der Waals surface area contributed by atoms with Crippen molar-refractivity contribution in [3.63, 3.8) is 0 Å². The minimum absolute atomic E-state index is 0.0129. The highest BCUT2D eigenvalue weighted by Crippen LogP contribution is 2.22. The molecule has 1 fully saturated rings. The van der Waals surface area contributed by atoms with Gasteiger partial charge < -0.3 is 10.6 Å². The quantitative estimate of drug-likeness (QED) is 0.706. The summed E-state index contributed by atoms with van der Waals surface area (Å²) in [5.41, 5.74) is 2.22.